The van der Waals surface area contributed by atoms with Gasteiger partial charge in [-0.3, -0.25) is 0 Å². The third kappa shape index (κ3) is 5.43. The Balaban J connectivity index is 1.38. The number of benzene rings is 9. The first-order valence-corrected chi connectivity index (χ1v) is 20.1. The highest BCUT2D eigenvalue weighted by atomic mass is 15.1. The van der Waals surface area contributed by atoms with E-state index in [-0.39, 0.29) is 77.8 Å². The van der Waals surface area contributed by atoms with Crippen molar-refractivity contribution in [2.75, 3.05) is 0 Å². The van der Waals surface area contributed by atoms with E-state index >= 15 is 0 Å². The molecular formula is C58H37N5. The molecule has 0 unspecified atom stereocenters. The smallest absolute Gasteiger partial charge is 0.160 e. The van der Waals surface area contributed by atoms with E-state index in [1.807, 2.05) is 114 Å². The summed E-state index contributed by atoms with van der Waals surface area (Å²) in [5, 5.41) is 0.598. The quantitative estimate of drug-likeness (QED) is 0.168. The van der Waals surface area contributed by atoms with Gasteiger partial charge in [-0.1, -0.05) is 170 Å². The maximum Gasteiger partial charge on any atom is 0.160 e. The standard InChI is InChI=1S/C58H37N5/c1-3-19-38(20-4-1)47-37-48(60-58(59-47)39-21-5-2-6-22-39)40-35-55(61-49-29-13-7-23-41(49)42-24-8-14-30-50(42)61)57(63-53-33-17-11-27-45(53)46-28-12-18-34-54(46)63)56(36-40)62-51-31-15-9-25-43(51)44-26-10-16-32-52(44)62/h1-37H/i7D,8D,9D,10D,13D,14D,15D,16D,23D,24D,25D,26D,29D,30D,31D,32D. The maximum atomic E-state index is 9.74. The molecular weight excluding hydrogens is 767 g/mol. The lowest BCUT2D eigenvalue weighted by Gasteiger charge is -2.23. The van der Waals surface area contributed by atoms with Gasteiger partial charge in [0.25, 0.3) is 0 Å². The van der Waals surface area contributed by atoms with Crippen LogP contribution in [0.2, 0.25) is 0 Å². The van der Waals surface area contributed by atoms with Crippen LogP contribution in [0.1, 0.15) is 21.9 Å². The first-order chi connectivity index (χ1) is 37.9. The van der Waals surface area contributed by atoms with Crippen LogP contribution in [0.5, 0.6) is 0 Å². The van der Waals surface area contributed by atoms with Crippen molar-refractivity contribution in [2.45, 2.75) is 0 Å². The minimum Gasteiger partial charge on any atom is -0.307 e. The molecule has 0 N–H and O–H groups in total. The molecule has 9 aromatic carbocycles. The number of aromatic nitrogens is 5. The van der Waals surface area contributed by atoms with Gasteiger partial charge in [-0.2, -0.15) is 0 Å². The van der Waals surface area contributed by atoms with Gasteiger partial charge in [0.05, 0.1) is 83.5 Å². The van der Waals surface area contributed by atoms with E-state index in [0.29, 0.717) is 27.9 Å². The summed E-state index contributed by atoms with van der Waals surface area (Å²) in [5.41, 5.74) is 2.56. The molecule has 63 heavy (non-hydrogen) atoms. The van der Waals surface area contributed by atoms with Crippen LogP contribution in [-0.4, -0.2) is 23.7 Å². The first kappa shape index (κ1) is 22.9. The average molecular weight is 820 g/mol. The predicted octanol–water partition coefficient (Wildman–Crippen LogP) is 14.8. The van der Waals surface area contributed by atoms with E-state index in [1.165, 1.54) is 9.13 Å². The third-order valence-electron chi connectivity index (χ3n) is 11.5. The fourth-order valence-corrected chi connectivity index (χ4v) is 8.88. The summed E-state index contributed by atoms with van der Waals surface area (Å²) < 4.78 is 154. The molecule has 0 aliphatic carbocycles. The van der Waals surface area contributed by atoms with Crippen molar-refractivity contribution in [1.82, 2.24) is 23.7 Å². The zero-order valence-electron chi connectivity index (χ0n) is 48.9. The highest BCUT2D eigenvalue weighted by molar-refractivity contribution is 6.14. The second-order valence-electron chi connectivity index (χ2n) is 15.0. The minimum absolute atomic E-state index is 0.00636. The molecule has 294 valence electrons. The van der Waals surface area contributed by atoms with E-state index in [1.54, 1.807) is 18.2 Å². The summed E-state index contributed by atoms with van der Waals surface area (Å²) in [6.45, 7) is 0. The molecule has 0 saturated heterocycles. The van der Waals surface area contributed by atoms with E-state index in [0.717, 1.165) is 10.8 Å². The van der Waals surface area contributed by atoms with Gasteiger partial charge in [-0.25, -0.2) is 9.97 Å². The van der Waals surface area contributed by atoms with Crippen LogP contribution in [0.4, 0.5) is 0 Å². The van der Waals surface area contributed by atoms with Gasteiger partial charge >= 0.3 is 0 Å². The van der Waals surface area contributed by atoms with Crippen LogP contribution < -0.4 is 0 Å². The van der Waals surface area contributed by atoms with Crippen molar-refractivity contribution in [2.24, 2.45) is 0 Å². The topological polar surface area (TPSA) is 40.6 Å². The molecule has 4 aromatic heterocycles. The van der Waals surface area contributed by atoms with Gasteiger partial charge in [-0.15, -0.1) is 0 Å². The Morgan fingerprint density at radius 2 is 0.698 bits per heavy atom. The van der Waals surface area contributed by atoms with Crippen LogP contribution in [0.25, 0.3) is 116 Å². The Morgan fingerprint density at radius 1 is 0.317 bits per heavy atom. The van der Waals surface area contributed by atoms with Crippen LogP contribution in [0.3, 0.4) is 0 Å². The molecule has 0 saturated carbocycles. The number of fused-ring (bicyclic) bond motifs is 9. The van der Waals surface area contributed by atoms with Gasteiger partial charge in [0.15, 0.2) is 5.82 Å². The fraction of sp³-hybridized carbons (Fsp3) is 0. The fourth-order valence-electron chi connectivity index (χ4n) is 8.88. The third-order valence-corrected chi connectivity index (χ3v) is 11.5. The van der Waals surface area contributed by atoms with Crippen molar-refractivity contribution in [1.29, 1.82) is 0 Å². The predicted molar refractivity (Wildman–Crippen MR) is 261 cm³/mol. The Bertz CT molecular complexity index is 4410. The van der Waals surface area contributed by atoms with Gasteiger partial charge in [0.2, 0.25) is 0 Å². The Morgan fingerprint density at radius 3 is 1.16 bits per heavy atom. The minimum atomic E-state index is -0.670. The van der Waals surface area contributed by atoms with E-state index in [4.69, 9.17) is 20.9 Å². The summed E-state index contributed by atoms with van der Waals surface area (Å²) in [5.74, 6) is 0.284. The first-order valence-electron chi connectivity index (χ1n) is 28.1. The molecule has 0 amide bonds. The molecule has 0 spiro atoms. The van der Waals surface area contributed by atoms with Crippen LogP contribution >= 0.6 is 0 Å². The second-order valence-corrected chi connectivity index (χ2v) is 15.0. The zero-order valence-corrected chi connectivity index (χ0v) is 32.9. The molecule has 0 aliphatic rings. The summed E-state index contributed by atoms with van der Waals surface area (Å²) in [7, 11) is 0. The molecule has 13 rings (SSSR count). The normalized spacial score (nSPS) is 15.4. The molecule has 0 aliphatic heterocycles. The SMILES string of the molecule is [2H]c1c([2H])c([2H])c2c(c1[2H])c1c([2H])c([2H])c([2H])c([2H])c1n2-c1cc(-c2cc(-c3ccccc3)nc(-c3ccccc3)n2)cc(-n2c3c([2H])c([2H])c([2H])c([2H])c3c3c([2H])c([2H])c([2H])c([2H])c32)c1-n1c2ccccc2c2ccccc21. The lowest BCUT2D eigenvalue weighted by Crippen LogP contribution is -2.10. The number of nitrogens with zero attached hydrogens (tertiary/aromatic N) is 5. The number of hydrogen-bond acceptors (Lipinski definition) is 2. The van der Waals surface area contributed by atoms with Gasteiger partial charge in [0, 0.05) is 49.0 Å². The van der Waals surface area contributed by atoms with Crippen LogP contribution in [0.15, 0.2) is 224 Å². The molecule has 0 fully saturated rings. The highest BCUT2D eigenvalue weighted by Crippen LogP contribution is 2.45. The van der Waals surface area contributed by atoms with E-state index < -0.39 is 96.7 Å². The molecule has 0 radical (unpaired) electrons. The number of hydrogen-bond donors (Lipinski definition) is 0. The van der Waals surface area contributed by atoms with Crippen molar-refractivity contribution >= 4 is 65.4 Å². The highest BCUT2D eigenvalue weighted by Gasteiger charge is 2.26. The van der Waals surface area contributed by atoms with Gasteiger partial charge < -0.3 is 13.7 Å². The van der Waals surface area contributed by atoms with Gasteiger partial charge in [0.1, 0.15) is 0 Å². The van der Waals surface area contributed by atoms with Crippen molar-refractivity contribution < 1.29 is 21.9 Å². The monoisotopic (exact) mass is 819 g/mol. The Hall–Kier alpha value is -8.54. The summed E-state index contributed by atoms with van der Waals surface area (Å²) in [6, 6.07) is 28.4. The van der Waals surface area contributed by atoms with Crippen LogP contribution in [-0.2, 0) is 0 Å². The van der Waals surface area contributed by atoms with E-state index in [9.17, 15) is 11.0 Å². The molecule has 5 heteroatoms. The molecule has 4 heterocycles. The Kier molecular flexibility index (Phi) is 5.09. The molecule has 0 bridgehead atoms. The lowest BCUT2D eigenvalue weighted by atomic mass is 10.0. The zero-order chi connectivity index (χ0) is 55.4. The molecule has 0 atom stereocenters. The lowest BCUT2D eigenvalue weighted by molar-refractivity contribution is 1.05. The summed E-state index contributed by atoms with van der Waals surface area (Å²) in [6.07, 6.45) is 0. The second kappa shape index (κ2) is 14.0. The van der Waals surface area contributed by atoms with Gasteiger partial charge in [-0.05, 0) is 54.5 Å². The van der Waals surface area contributed by atoms with Crippen LogP contribution in [0, 0.1) is 0 Å². The maximum absolute atomic E-state index is 9.74. The summed E-state index contributed by atoms with van der Waals surface area (Å²) in [4.78, 5) is 10.2. The Labute approximate surface area is 385 Å². The van der Waals surface area contributed by atoms with Crippen molar-refractivity contribution in [3.05, 3.63) is 224 Å². The van der Waals surface area contributed by atoms with Crippen molar-refractivity contribution in [3.8, 4) is 51.0 Å². The number of rotatable bonds is 6. The molecule has 13 aromatic rings. The average Bonchev–Trinajstić information content (AvgIpc) is 3.13. The summed E-state index contributed by atoms with van der Waals surface area (Å²) >= 11 is 0. The molecule has 5 nitrogen and oxygen atoms in total. The number of para-hydroxylation sites is 6. The van der Waals surface area contributed by atoms with E-state index in [2.05, 4.69) is 0 Å². The van der Waals surface area contributed by atoms with Crippen molar-refractivity contribution in [3.63, 3.8) is 0 Å². The largest absolute Gasteiger partial charge is 0.307 e.